The number of benzene rings is 2. The molecule has 3 rings (SSSR count). The number of H-pyrrole nitrogens is 1. The van der Waals surface area contributed by atoms with Gasteiger partial charge in [-0.25, -0.2) is 0 Å². The van der Waals surface area contributed by atoms with E-state index < -0.39 is 5.91 Å². The van der Waals surface area contributed by atoms with Crippen molar-refractivity contribution in [3.63, 3.8) is 0 Å². The predicted octanol–water partition coefficient (Wildman–Crippen LogP) is 2.16. The second-order valence-corrected chi connectivity index (χ2v) is 5.02. The van der Waals surface area contributed by atoms with E-state index in [4.69, 9.17) is 15.2 Å². The number of carbonyl (C=O) groups excluding carboxylic acids is 1. The lowest BCUT2D eigenvalue weighted by molar-refractivity contribution is 0.0996. The van der Waals surface area contributed by atoms with Crippen LogP contribution in [-0.2, 0) is 6.61 Å². The van der Waals surface area contributed by atoms with Crippen LogP contribution in [0, 0.1) is 0 Å². The number of aromatic nitrogens is 3. The van der Waals surface area contributed by atoms with Gasteiger partial charge in [-0.3, -0.25) is 4.79 Å². The van der Waals surface area contributed by atoms with E-state index in [0.717, 1.165) is 5.56 Å². The van der Waals surface area contributed by atoms with E-state index in [1.165, 1.54) is 7.11 Å². The highest BCUT2D eigenvalue weighted by Gasteiger charge is 2.19. The van der Waals surface area contributed by atoms with Crippen LogP contribution < -0.4 is 15.2 Å². The van der Waals surface area contributed by atoms with Crippen molar-refractivity contribution in [3.05, 3.63) is 59.8 Å². The summed E-state index contributed by atoms with van der Waals surface area (Å²) in [6.45, 7) is 0.425. The van der Waals surface area contributed by atoms with Crippen molar-refractivity contribution in [2.45, 2.75) is 6.61 Å². The molecular formula is C17H16N4O3. The minimum absolute atomic E-state index is 0.0495. The molecule has 1 amide bonds. The standard InChI is InChI=1S/C17H16N4O3/c1-23-14-8-7-12(24-10-11-5-3-2-4-6-11)9-13(14)15-16(17(18)22)20-21-19-15/h2-9H,10H2,1H3,(H2,18,22)(H,19,20,21). The molecule has 1 heterocycles. The van der Waals surface area contributed by atoms with Gasteiger partial charge in [-0.05, 0) is 23.8 Å². The van der Waals surface area contributed by atoms with Crippen LogP contribution in [0.4, 0.5) is 0 Å². The molecule has 0 aliphatic carbocycles. The lowest BCUT2D eigenvalue weighted by atomic mass is 10.1. The number of aromatic amines is 1. The molecule has 2 aromatic carbocycles. The zero-order chi connectivity index (χ0) is 16.9. The molecule has 0 spiro atoms. The molecule has 0 fully saturated rings. The quantitative estimate of drug-likeness (QED) is 0.723. The number of nitrogens with two attached hydrogens (primary N) is 1. The fraction of sp³-hybridized carbons (Fsp3) is 0.118. The summed E-state index contributed by atoms with van der Waals surface area (Å²) in [4.78, 5) is 11.5. The molecule has 0 saturated carbocycles. The van der Waals surface area contributed by atoms with Crippen molar-refractivity contribution < 1.29 is 14.3 Å². The lowest BCUT2D eigenvalue weighted by Gasteiger charge is -2.11. The first-order chi connectivity index (χ1) is 11.7. The molecule has 0 atom stereocenters. The highest BCUT2D eigenvalue weighted by molar-refractivity contribution is 5.97. The van der Waals surface area contributed by atoms with E-state index in [9.17, 15) is 4.79 Å². The molecule has 122 valence electrons. The smallest absolute Gasteiger partial charge is 0.271 e. The number of rotatable bonds is 6. The van der Waals surface area contributed by atoms with Crippen molar-refractivity contribution in [1.29, 1.82) is 0 Å². The van der Waals surface area contributed by atoms with Crippen LogP contribution in [-0.4, -0.2) is 28.4 Å². The lowest BCUT2D eigenvalue weighted by Crippen LogP contribution is -2.13. The maximum atomic E-state index is 11.5. The summed E-state index contributed by atoms with van der Waals surface area (Å²) in [5, 5.41) is 10.2. The van der Waals surface area contributed by atoms with Crippen molar-refractivity contribution in [3.8, 4) is 22.8 Å². The Kier molecular flexibility index (Phi) is 4.42. The van der Waals surface area contributed by atoms with Gasteiger partial charge in [-0.2, -0.15) is 15.4 Å². The minimum atomic E-state index is -0.670. The van der Waals surface area contributed by atoms with E-state index in [1.54, 1.807) is 18.2 Å². The van der Waals surface area contributed by atoms with E-state index in [1.807, 2.05) is 30.3 Å². The van der Waals surface area contributed by atoms with E-state index >= 15 is 0 Å². The van der Waals surface area contributed by atoms with Gasteiger partial charge >= 0.3 is 0 Å². The summed E-state index contributed by atoms with van der Waals surface area (Å²) in [6, 6.07) is 15.1. The Morgan fingerprint density at radius 1 is 1.17 bits per heavy atom. The molecule has 0 aliphatic rings. The summed E-state index contributed by atoms with van der Waals surface area (Å²) in [5.41, 5.74) is 7.33. The zero-order valence-electron chi connectivity index (χ0n) is 13.0. The van der Waals surface area contributed by atoms with Crippen molar-refractivity contribution in [2.75, 3.05) is 7.11 Å². The van der Waals surface area contributed by atoms with Crippen molar-refractivity contribution >= 4 is 5.91 Å². The third-order valence-electron chi connectivity index (χ3n) is 3.46. The first kappa shape index (κ1) is 15.5. The fourth-order valence-corrected chi connectivity index (χ4v) is 2.29. The average Bonchev–Trinajstić information content (AvgIpc) is 3.10. The summed E-state index contributed by atoms with van der Waals surface area (Å²) in [5.74, 6) is 0.489. The first-order valence-corrected chi connectivity index (χ1v) is 7.24. The summed E-state index contributed by atoms with van der Waals surface area (Å²) in [7, 11) is 1.54. The Labute approximate surface area is 138 Å². The third kappa shape index (κ3) is 3.19. The largest absolute Gasteiger partial charge is 0.496 e. The van der Waals surface area contributed by atoms with Gasteiger partial charge in [0.25, 0.3) is 5.91 Å². The molecule has 24 heavy (non-hydrogen) atoms. The molecule has 3 aromatic rings. The minimum Gasteiger partial charge on any atom is -0.496 e. The Balaban J connectivity index is 1.91. The summed E-state index contributed by atoms with van der Waals surface area (Å²) in [6.07, 6.45) is 0. The van der Waals surface area contributed by atoms with Gasteiger partial charge in [0.15, 0.2) is 5.69 Å². The molecule has 1 aromatic heterocycles. The summed E-state index contributed by atoms with van der Waals surface area (Å²) >= 11 is 0. The normalized spacial score (nSPS) is 10.4. The highest BCUT2D eigenvalue weighted by Crippen LogP contribution is 2.33. The SMILES string of the molecule is COc1ccc(OCc2ccccc2)cc1-c1n[nH]nc1C(N)=O. The van der Waals surface area contributed by atoms with Gasteiger partial charge in [0.1, 0.15) is 23.8 Å². The van der Waals surface area contributed by atoms with Crippen molar-refractivity contribution in [1.82, 2.24) is 15.4 Å². The predicted molar refractivity (Wildman–Crippen MR) is 87.7 cm³/mol. The zero-order valence-corrected chi connectivity index (χ0v) is 13.0. The number of methoxy groups -OCH3 is 1. The Morgan fingerprint density at radius 3 is 2.67 bits per heavy atom. The van der Waals surface area contributed by atoms with Crippen LogP contribution in [0.5, 0.6) is 11.5 Å². The number of primary amides is 1. The van der Waals surface area contributed by atoms with Crippen LogP contribution in [0.2, 0.25) is 0 Å². The molecule has 0 aliphatic heterocycles. The van der Waals surface area contributed by atoms with E-state index in [-0.39, 0.29) is 5.69 Å². The van der Waals surface area contributed by atoms with Gasteiger partial charge < -0.3 is 15.2 Å². The Morgan fingerprint density at radius 2 is 1.96 bits per heavy atom. The van der Waals surface area contributed by atoms with E-state index in [2.05, 4.69) is 15.4 Å². The molecular weight excluding hydrogens is 308 g/mol. The second-order valence-electron chi connectivity index (χ2n) is 5.02. The van der Waals surface area contributed by atoms with Crippen LogP contribution in [0.1, 0.15) is 16.1 Å². The molecule has 0 bridgehead atoms. The number of carbonyl (C=O) groups is 1. The number of nitrogens with zero attached hydrogens (tertiary/aromatic N) is 2. The van der Waals surface area contributed by atoms with Crippen LogP contribution in [0.25, 0.3) is 11.3 Å². The van der Waals surface area contributed by atoms with Crippen LogP contribution >= 0.6 is 0 Å². The fourth-order valence-electron chi connectivity index (χ4n) is 2.29. The number of ether oxygens (including phenoxy) is 2. The second kappa shape index (κ2) is 6.82. The number of amides is 1. The maximum Gasteiger partial charge on any atom is 0.271 e. The molecule has 0 radical (unpaired) electrons. The third-order valence-corrected chi connectivity index (χ3v) is 3.46. The van der Waals surface area contributed by atoms with Gasteiger partial charge in [0, 0.05) is 0 Å². The van der Waals surface area contributed by atoms with Gasteiger partial charge in [-0.15, -0.1) is 0 Å². The maximum absolute atomic E-state index is 11.5. The molecule has 7 nitrogen and oxygen atoms in total. The Hall–Kier alpha value is -3.35. The van der Waals surface area contributed by atoms with Crippen LogP contribution in [0.15, 0.2) is 48.5 Å². The van der Waals surface area contributed by atoms with Gasteiger partial charge in [0.2, 0.25) is 0 Å². The van der Waals surface area contributed by atoms with Gasteiger partial charge in [-0.1, -0.05) is 30.3 Å². The molecule has 0 saturated heterocycles. The Bertz CT molecular complexity index is 846. The highest BCUT2D eigenvalue weighted by atomic mass is 16.5. The monoisotopic (exact) mass is 324 g/mol. The average molecular weight is 324 g/mol. The first-order valence-electron chi connectivity index (χ1n) is 7.24. The van der Waals surface area contributed by atoms with Crippen molar-refractivity contribution in [2.24, 2.45) is 5.73 Å². The van der Waals surface area contributed by atoms with E-state index in [0.29, 0.717) is 29.4 Å². The molecule has 3 N–H and O–H groups in total. The number of hydrogen-bond acceptors (Lipinski definition) is 5. The molecule has 0 unspecified atom stereocenters. The van der Waals surface area contributed by atoms with Crippen LogP contribution in [0.3, 0.4) is 0 Å². The number of hydrogen-bond donors (Lipinski definition) is 2. The topological polar surface area (TPSA) is 103 Å². The van der Waals surface area contributed by atoms with Gasteiger partial charge in [0.05, 0.1) is 12.7 Å². The molecule has 7 heteroatoms. The summed E-state index contributed by atoms with van der Waals surface area (Å²) < 4.78 is 11.1. The number of nitrogens with one attached hydrogen (secondary N) is 1.